The molecule has 3 N–H and O–H groups in total. The molecule has 0 radical (unpaired) electrons. The van der Waals surface area contributed by atoms with Gasteiger partial charge in [-0.1, -0.05) is 0 Å². The Kier molecular flexibility index (Phi) is 5.39. The van der Waals surface area contributed by atoms with Gasteiger partial charge in [0.25, 0.3) is 0 Å². The van der Waals surface area contributed by atoms with E-state index in [0.717, 1.165) is 25.0 Å². The zero-order valence-corrected chi connectivity index (χ0v) is 16.2. The van der Waals surface area contributed by atoms with Crippen LogP contribution in [0.1, 0.15) is 19.8 Å². The largest absolute Gasteiger partial charge is 0.487 e. The zero-order valence-electron chi connectivity index (χ0n) is 16.2. The first kappa shape index (κ1) is 19.9. The molecule has 0 bridgehead atoms. The second-order valence-electron chi connectivity index (χ2n) is 7.25. The van der Waals surface area contributed by atoms with Crippen molar-refractivity contribution in [2.24, 2.45) is 11.7 Å². The summed E-state index contributed by atoms with van der Waals surface area (Å²) in [6, 6.07) is 2.77. The number of benzene rings is 1. The van der Waals surface area contributed by atoms with E-state index in [1.807, 2.05) is 0 Å². The molecule has 158 valence electrons. The number of urea groups is 1. The van der Waals surface area contributed by atoms with Crippen molar-refractivity contribution >= 4 is 17.1 Å². The zero-order chi connectivity index (χ0) is 21.3. The molecule has 0 saturated heterocycles. The number of primary amides is 1. The van der Waals surface area contributed by atoms with E-state index in [4.69, 9.17) is 19.6 Å². The first-order valence-electron chi connectivity index (χ1n) is 9.46. The number of amides is 2. The van der Waals surface area contributed by atoms with Crippen molar-refractivity contribution in [2.75, 3.05) is 13.2 Å². The number of ether oxygens (including phenoxy) is 2. The number of hydrogen-bond acceptors (Lipinski definition) is 6. The second kappa shape index (κ2) is 8.13. The molecule has 1 aliphatic carbocycles. The molecule has 10 heteroatoms. The normalized spacial score (nSPS) is 14.5. The number of nitrogens with one attached hydrogen (secondary N) is 1. The SMILES string of the molecule is C[C@@H](COc1cc2oc(-c3cc(F)c(OCC4CC4)c(F)c3)nc2cn1)NC(N)=O. The summed E-state index contributed by atoms with van der Waals surface area (Å²) >= 11 is 0. The number of carbonyl (C=O) groups is 1. The highest BCUT2D eigenvalue weighted by Crippen LogP contribution is 2.34. The maximum atomic E-state index is 14.3. The number of fused-ring (bicyclic) bond motifs is 1. The van der Waals surface area contributed by atoms with Crippen molar-refractivity contribution in [1.29, 1.82) is 0 Å². The van der Waals surface area contributed by atoms with Crippen LogP contribution in [0.15, 0.2) is 28.8 Å². The van der Waals surface area contributed by atoms with E-state index in [-0.39, 0.29) is 30.0 Å². The highest BCUT2D eigenvalue weighted by molar-refractivity contribution is 5.76. The van der Waals surface area contributed by atoms with Gasteiger partial charge in [0.2, 0.25) is 11.8 Å². The standard InChI is InChI=1S/C20H20F2N4O4/c1-10(25-20(23)27)8-28-17-6-16-15(7-24-17)26-19(30-16)12-4-13(21)18(14(22)5-12)29-9-11-2-3-11/h4-7,10-11H,2-3,8-9H2,1H3,(H3,23,25,27)/t10-/m0/s1. The smallest absolute Gasteiger partial charge is 0.312 e. The minimum absolute atomic E-state index is 0.0410. The van der Waals surface area contributed by atoms with Gasteiger partial charge in [0.15, 0.2) is 23.0 Å². The molecule has 2 aromatic heterocycles. The number of pyridine rings is 1. The lowest BCUT2D eigenvalue weighted by Gasteiger charge is -2.12. The van der Waals surface area contributed by atoms with E-state index in [1.165, 1.54) is 12.3 Å². The average molecular weight is 418 g/mol. The summed E-state index contributed by atoms with van der Waals surface area (Å²) in [6.07, 6.45) is 3.46. The van der Waals surface area contributed by atoms with E-state index < -0.39 is 23.4 Å². The van der Waals surface area contributed by atoms with Crippen LogP contribution in [-0.4, -0.2) is 35.3 Å². The van der Waals surface area contributed by atoms with Gasteiger partial charge < -0.3 is 24.9 Å². The van der Waals surface area contributed by atoms with Gasteiger partial charge in [-0.2, -0.15) is 0 Å². The van der Waals surface area contributed by atoms with Crippen molar-refractivity contribution in [2.45, 2.75) is 25.8 Å². The molecule has 1 fully saturated rings. The molecule has 0 spiro atoms. The van der Waals surface area contributed by atoms with Gasteiger partial charge in [0.1, 0.15) is 12.1 Å². The number of carbonyl (C=O) groups excluding carboxylic acids is 1. The molecule has 2 heterocycles. The Bertz CT molecular complexity index is 1060. The summed E-state index contributed by atoms with van der Waals surface area (Å²) in [5.41, 5.74) is 5.93. The predicted octanol–water partition coefficient (Wildman–Crippen LogP) is 3.39. The lowest BCUT2D eigenvalue weighted by atomic mass is 10.2. The number of halogens is 2. The van der Waals surface area contributed by atoms with Crippen LogP contribution in [0.3, 0.4) is 0 Å². The molecule has 0 unspecified atom stereocenters. The number of nitrogens with zero attached hydrogens (tertiary/aromatic N) is 2. The molecule has 8 nitrogen and oxygen atoms in total. The van der Waals surface area contributed by atoms with Gasteiger partial charge in [0.05, 0.1) is 18.8 Å². The van der Waals surface area contributed by atoms with E-state index in [9.17, 15) is 13.6 Å². The van der Waals surface area contributed by atoms with Gasteiger partial charge in [-0.15, -0.1) is 0 Å². The van der Waals surface area contributed by atoms with Gasteiger partial charge >= 0.3 is 6.03 Å². The first-order chi connectivity index (χ1) is 14.4. The summed E-state index contributed by atoms with van der Waals surface area (Å²) in [5, 5.41) is 2.48. The van der Waals surface area contributed by atoms with Gasteiger partial charge in [0, 0.05) is 11.6 Å². The minimum Gasteiger partial charge on any atom is -0.487 e. The Morgan fingerprint density at radius 2 is 2.03 bits per heavy atom. The quantitative estimate of drug-likeness (QED) is 0.580. The number of aromatic nitrogens is 2. The highest BCUT2D eigenvalue weighted by Gasteiger charge is 2.24. The van der Waals surface area contributed by atoms with E-state index >= 15 is 0 Å². The van der Waals surface area contributed by atoms with Crippen molar-refractivity contribution in [3.8, 4) is 23.1 Å². The van der Waals surface area contributed by atoms with Crippen LogP contribution in [0.2, 0.25) is 0 Å². The highest BCUT2D eigenvalue weighted by atomic mass is 19.1. The predicted molar refractivity (Wildman–Crippen MR) is 103 cm³/mol. The van der Waals surface area contributed by atoms with Crippen molar-refractivity contribution < 1.29 is 27.5 Å². The van der Waals surface area contributed by atoms with E-state index in [0.29, 0.717) is 23.6 Å². The maximum absolute atomic E-state index is 14.3. The Labute approximate surface area is 170 Å². The molecule has 1 aromatic carbocycles. The van der Waals surface area contributed by atoms with Crippen LogP contribution in [-0.2, 0) is 0 Å². The monoisotopic (exact) mass is 418 g/mol. The third-order valence-corrected chi connectivity index (χ3v) is 4.53. The van der Waals surface area contributed by atoms with Crippen LogP contribution in [0.4, 0.5) is 13.6 Å². The fourth-order valence-electron chi connectivity index (χ4n) is 2.82. The third-order valence-electron chi connectivity index (χ3n) is 4.53. The van der Waals surface area contributed by atoms with E-state index in [1.54, 1.807) is 6.92 Å². The molecule has 30 heavy (non-hydrogen) atoms. The fraction of sp³-hybridized carbons (Fsp3) is 0.350. The van der Waals surface area contributed by atoms with Crippen molar-refractivity contribution in [3.05, 3.63) is 36.0 Å². The lowest BCUT2D eigenvalue weighted by molar-refractivity contribution is 0.231. The van der Waals surface area contributed by atoms with Gasteiger partial charge in [-0.3, -0.25) is 0 Å². The molecule has 4 rings (SSSR count). The van der Waals surface area contributed by atoms with Crippen LogP contribution in [0, 0.1) is 17.6 Å². The molecular weight excluding hydrogens is 398 g/mol. The van der Waals surface area contributed by atoms with Gasteiger partial charge in [-0.05, 0) is 37.8 Å². The molecule has 1 aliphatic rings. The number of hydrogen-bond donors (Lipinski definition) is 2. The third kappa shape index (κ3) is 4.58. The molecule has 1 saturated carbocycles. The molecule has 1 atom stereocenters. The molecule has 2 amide bonds. The lowest BCUT2D eigenvalue weighted by Crippen LogP contribution is -2.40. The van der Waals surface area contributed by atoms with Crippen LogP contribution >= 0.6 is 0 Å². The van der Waals surface area contributed by atoms with Crippen molar-refractivity contribution in [3.63, 3.8) is 0 Å². The summed E-state index contributed by atoms with van der Waals surface area (Å²) in [7, 11) is 0. The number of oxazole rings is 1. The Balaban J connectivity index is 1.51. The van der Waals surface area contributed by atoms with E-state index in [2.05, 4.69) is 15.3 Å². The van der Waals surface area contributed by atoms with Crippen LogP contribution < -0.4 is 20.5 Å². The Morgan fingerprint density at radius 3 is 2.70 bits per heavy atom. The average Bonchev–Trinajstić information content (AvgIpc) is 3.41. The van der Waals surface area contributed by atoms with Crippen molar-refractivity contribution in [1.82, 2.24) is 15.3 Å². The van der Waals surface area contributed by atoms with Gasteiger partial charge in [-0.25, -0.2) is 23.5 Å². The van der Waals surface area contributed by atoms with Crippen LogP contribution in [0.25, 0.3) is 22.6 Å². The number of nitrogens with two attached hydrogens (primary N) is 1. The minimum atomic E-state index is -0.814. The Hall–Kier alpha value is -3.43. The molecular formula is C20H20F2N4O4. The first-order valence-corrected chi connectivity index (χ1v) is 9.46. The second-order valence-corrected chi connectivity index (χ2v) is 7.25. The number of rotatable bonds is 8. The Morgan fingerprint density at radius 1 is 1.30 bits per heavy atom. The topological polar surface area (TPSA) is 112 Å². The molecule has 3 aromatic rings. The maximum Gasteiger partial charge on any atom is 0.312 e. The summed E-state index contributed by atoms with van der Waals surface area (Å²) in [5.74, 6) is -1.36. The fourth-order valence-corrected chi connectivity index (χ4v) is 2.82. The summed E-state index contributed by atoms with van der Waals surface area (Å²) in [4.78, 5) is 19.2. The summed E-state index contributed by atoms with van der Waals surface area (Å²) in [6.45, 7) is 2.16. The summed E-state index contributed by atoms with van der Waals surface area (Å²) < 4.78 is 45.1. The van der Waals surface area contributed by atoms with Crippen LogP contribution in [0.5, 0.6) is 11.6 Å². The molecule has 0 aliphatic heterocycles.